The number of fused-ring (bicyclic) bond motifs is 1. The molecule has 0 aliphatic carbocycles. The molecule has 0 spiro atoms. The van der Waals surface area contributed by atoms with Gasteiger partial charge in [-0.05, 0) is 48.1 Å². The second-order valence-electron chi connectivity index (χ2n) is 4.87. The van der Waals surface area contributed by atoms with Gasteiger partial charge in [0.05, 0.1) is 11.9 Å². The number of aromatic nitrogens is 1. The van der Waals surface area contributed by atoms with E-state index >= 15 is 0 Å². The second-order valence-corrected chi connectivity index (χ2v) is 5.81. The summed E-state index contributed by atoms with van der Waals surface area (Å²) in [7, 11) is 0. The summed E-state index contributed by atoms with van der Waals surface area (Å²) >= 11 is 1.61. The Balaban J connectivity index is 2.03. The first-order valence-corrected chi connectivity index (χ1v) is 7.16. The second kappa shape index (κ2) is 4.67. The molecule has 0 unspecified atom stereocenters. The fraction of sp³-hybridized carbons (Fsp3) is 0.188. The van der Waals surface area contributed by atoms with E-state index < -0.39 is 0 Å². The summed E-state index contributed by atoms with van der Waals surface area (Å²) in [6.07, 6.45) is 1.89. The third-order valence-corrected chi connectivity index (χ3v) is 4.40. The summed E-state index contributed by atoms with van der Waals surface area (Å²) in [4.78, 5) is 12.3. The van der Waals surface area contributed by atoms with E-state index in [1.165, 1.54) is 16.7 Å². The van der Waals surface area contributed by atoms with Crippen LogP contribution in [-0.4, -0.2) is 4.57 Å². The molecule has 2 heterocycles. The number of hydrogen-bond acceptors (Lipinski definition) is 2. The molecule has 0 saturated carbocycles. The van der Waals surface area contributed by atoms with Gasteiger partial charge >= 0.3 is 0 Å². The van der Waals surface area contributed by atoms with E-state index in [0.29, 0.717) is 6.54 Å². The van der Waals surface area contributed by atoms with Crippen molar-refractivity contribution in [2.24, 2.45) is 0 Å². The molecule has 0 radical (unpaired) electrons. The zero-order valence-electron chi connectivity index (χ0n) is 11.0. The van der Waals surface area contributed by atoms with Gasteiger partial charge in [0.1, 0.15) is 0 Å². The van der Waals surface area contributed by atoms with E-state index in [0.717, 1.165) is 10.1 Å². The minimum atomic E-state index is 0.0944. The van der Waals surface area contributed by atoms with Crippen molar-refractivity contribution in [3.63, 3.8) is 0 Å². The SMILES string of the molecule is Cc1ccc(Cn2ccc3sccc3c2=O)cc1C. The Morgan fingerprint density at radius 3 is 2.74 bits per heavy atom. The zero-order valence-corrected chi connectivity index (χ0v) is 11.8. The highest BCUT2D eigenvalue weighted by molar-refractivity contribution is 7.17. The Kier molecular flexibility index (Phi) is 2.99. The molecule has 96 valence electrons. The lowest BCUT2D eigenvalue weighted by molar-refractivity contribution is 0.767. The van der Waals surface area contributed by atoms with Gasteiger partial charge in [0, 0.05) is 10.9 Å². The average molecular weight is 269 g/mol. The van der Waals surface area contributed by atoms with Crippen LogP contribution in [0.4, 0.5) is 0 Å². The van der Waals surface area contributed by atoms with Crippen LogP contribution in [0.25, 0.3) is 10.1 Å². The maximum Gasteiger partial charge on any atom is 0.259 e. The number of hydrogen-bond donors (Lipinski definition) is 0. The summed E-state index contributed by atoms with van der Waals surface area (Å²) < 4.78 is 2.83. The molecule has 0 amide bonds. The van der Waals surface area contributed by atoms with Crippen molar-refractivity contribution >= 4 is 21.4 Å². The molecule has 2 aromatic heterocycles. The highest BCUT2D eigenvalue weighted by Crippen LogP contribution is 2.17. The van der Waals surface area contributed by atoms with Crippen LogP contribution in [0.5, 0.6) is 0 Å². The fourth-order valence-corrected chi connectivity index (χ4v) is 3.00. The number of benzene rings is 1. The number of nitrogens with zero attached hydrogens (tertiary/aromatic N) is 1. The van der Waals surface area contributed by atoms with Crippen molar-refractivity contribution in [1.29, 1.82) is 0 Å². The van der Waals surface area contributed by atoms with Gasteiger partial charge in [-0.1, -0.05) is 18.2 Å². The molecule has 0 saturated heterocycles. The highest BCUT2D eigenvalue weighted by Gasteiger charge is 2.04. The van der Waals surface area contributed by atoms with Gasteiger partial charge in [-0.2, -0.15) is 0 Å². The standard InChI is InChI=1S/C16H15NOS/c1-11-3-4-13(9-12(11)2)10-17-7-5-15-14(16(17)18)6-8-19-15/h3-9H,10H2,1-2H3. The average Bonchev–Trinajstić information content (AvgIpc) is 2.86. The zero-order chi connectivity index (χ0) is 13.4. The van der Waals surface area contributed by atoms with Crippen molar-refractivity contribution < 1.29 is 0 Å². The van der Waals surface area contributed by atoms with Crippen LogP contribution >= 0.6 is 11.3 Å². The molecule has 0 N–H and O–H groups in total. The van der Waals surface area contributed by atoms with Crippen molar-refractivity contribution in [1.82, 2.24) is 4.57 Å². The number of pyridine rings is 1. The van der Waals surface area contributed by atoms with Crippen molar-refractivity contribution in [2.45, 2.75) is 20.4 Å². The summed E-state index contributed by atoms with van der Waals surface area (Å²) in [5.41, 5.74) is 3.81. The molecule has 0 aliphatic rings. The molecule has 3 rings (SSSR count). The topological polar surface area (TPSA) is 22.0 Å². The number of thiophene rings is 1. The van der Waals surface area contributed by atoms with Crippen LogP contribution in [0.3, 0.4) is 0 Å². The number of rotatable bonds is 2. The van der Waals surface area contributed by atoms with Gasteiger partial charge in [-0.15, -0.1) is 11.3 Å². The molecule has 0 aliphatic heterocycles. The molecular weight excluding hydrogens is 254 g/mol. The van der Waals surface area contributed by atoms with E-state index in [9.17, 15) is 4.79 Å². The summed E-state index contributed by atoms with van der Waals surface area (Å²) in [6, 6.07) is 10.3. The normalized spacial score (nSPS) is 11.1. The first-order valence-electron chi connectivity index (χ1n) is 6.28. The van der Waals surface area contributed by atoms with Crippen molar-refractivity contribution in [3.8, 4) is 0 Å². The van der Waals surface area contributed by atoms with Gasteiger partial charge < -0.3 is 4.57 Å². The summed E-state index contributed by atoms with van der Waals surface area (Å²) in [5, 5.41) is 2.78. The largest absolute Gasteiger partial charge is 0.311 e. The molecule has 2 nitrogen and oxygen atoms in total. The van der Waals surface area contributed by atoms with E-state index in [1.807, 2.05) is 23.7 Å². The Morgan fingerprint density at radius 2 is 1.95 bits per heavy atom. The van der Waals surface area contributed by atoms with Crippen LogP contribution in [0.2, 0.25) is 0 Å². The molecule has 0 fully saturated rings. The Labute approximate surface area is 115 Å². The van der Waals surface area contributed by atoms with Crippen LogP contribution in [0.15, 0.2) is 46.7 Å². The monoisotopic (exact) mass is 269 g/mol. The smallest absolute Gasteiger partial charge is 0.259 e. The lowest BCUT2D eigenvalue weighted by Gasteiger charge is -2.08. The lowest BCUT2D eigenvalue weighted by Crippen LogP contribution is -2.19. The highest BCUT2D eigenvalue weighted by atomic mass is 32.1. The van der Waals surface area contributed by atoms with Gasteiger partial charge in [-0.25, -0.2) is 0 Å². The molecule has 19 heavy (non-hydrogen) atoms. The fourth-order valence-electron chi connectivity index (χ4n) is 2.23. The Hall–Kier alpha value is -1.87. The minimum absolute atomic E-state index is 0.0944. The van der Waals surface area contributed by atoms with Crippen LogP contribution in [-0.2, 0) is 6.54 Å². The first kappa shape index (κ1) is 12.2. The maximum absolute atomic E-state index is 12.3. The predicted molar refractivity (Wildman–Crippen MR) is 81.1 cm³/mol. The van der Waals surface area contributed by atoms with Crippen LogP contribution in [0.1, 0.15) is 16.7 Å². The van der Waals surface area contributed by atoms with Gasteiger partial charge in [0.25, 0.3) is 5.56 Å². The predicted octanol–water partition coefficient (Wildman–Crippen LogP) is 3.73. The molecule has 1 aromatic carbocycles. The van der Waals surface area contributed by atoms with Crippen molar-refractivity contribution in [3.05, 3.63) is 69.0 Å². The Bertz CT molecular complexity index is 798. The quantitative estimate of drug-likeness (QED) is 0.695. The maximum atomic E-state index is 12.3. The summed E-state index contributed by atoms with van der Waals surface area (Å²) in [5.74, 6) is 0. The van der Waals surface area contributed by atoms with Gasteiger partial charge in [0.15, 0.2) is 0 Å². The third kappa shape index (κ3) is 2.22. The van der Waals surface area contributed by atoms with Crippen LogP contribution in [0, 0.1) is 13.8 Å². The molecular formula is C16H15NOS. The lowest BCUT2D eigenvalue weighted by atomic mass is 10.1. The Morgan fingerprint density at radius 1 is 1.11 bits per heavy atom. The molecule has 3 heteroatoms. The molecule has 3 aromatic rings. The van der Waals surface area contributed by atoms with E-state index in [-0.39, 0.29) is 5.56 Å². The van der Waals surface area contributed by atoms with E-state index in [2.05, 4.69) is 32.0 Å². The van der Waals surface area contributed by atoms with Gasteiger partial charge in [-0.3, -0.25) is 4.79 Å². The third-order valence-electron chi connectivity index (χ3n) is 3.52. The van der Waals surface area contributed by atoms with E-state index in [4.69, 9.17) is 0 Å². The first-order chi connectivity index (χ1) is 9.15. The molecule has 0 bridgehead atoms. The number of aryl methyl sites for hydroxylation is 2. The summed E-state index contributed by atoms with van der Waals surface area (Å²) in [6.45, 7) is 4.83. The van der Waals surface area contributed by atoms with E-state index in [1.54, 1.807) is 15.9 Å². The minimum Gasteiger partial charge on any atom is -0.311 e. The molecule has 0 atom stereocenters. The van der Waals surface area contributed by atoms with Crippen molar-refractivity contribution in [2.75, 3.05) is 0 Å². The van der Waals surface area contributed by atoms with Gasteiger partial charge in [0.2, 0.25) is 0 Å². The van der Waals surface area contributed by atoms with Crippen LogP contribution < -0.4 is 5.56 Å².